The van der Waals surface area contributed by atoms with Crippen LogP contribution in [0.1, 0.15) is 27.8 Å². The van der Waals surface area contributed by atoms with Crippen LogP contribution in [0.4, 0.5) is 0 Å². The third-order valence-corrected chi connectivity index (χ3v) is 3.37. The Balaban J connectivity index is 2.01. The summed E-state index contributed by atoms with van der Waals surface area (Å²) in [5.41, 5.74) is 5.32. The Morgan fingerprint density at radius 3 is 2.52 bits per heavy atom. The topological polar surface area (TPSA) is 92.5 Å². The number of aromatic amines is 1. The molecule has 0 aliphatic rings. The molecule has 0 fully saturated rings. The van der Waals surface area contributed by atoms with Crippen LogP contribution in [0.15, 0.2) is 34.9 Å². The molecule has 0 saturated heterocycles. The molecule has 0 unspecified atom stereocenters. The Labute approximate surface area is 141 Å². The third kappa shape index (κ3) is 4.26. The zero-order chi connectivity index (χ0) is 16.8. The van der Waals surface area contributed by atoms with Gasteiger partial charge in [-0.2, -0.15) is 0 Å². The third-order valence-electron chi connectivity index (χ3n) is 2.91. The quantitative estimate of drug-likeness (QED) is 0.692. The van der Waals surface area contributed by atoms with Crippen molar-refractivity contribution in [2.45, 2.75) is 6.92 Å². The van der Waals surface area contributed by atoms with E-state index in [2.05, 4.69) is 31.8 Å². The number of rotatable bonds is 5. The number of hydrazine groups is 1. The highest BCUT2D eigenvalue weighted by atomic mass is 79.9. The molecule has 1 aromatic carbocycles. The van der Waals surface area contributed by atoms with Crippen LogP contribution in [0.3, 0.4) is 0 Å². The fourth-order valence-electron chi connectivity index (χ4n) is 1.84. The van der Waals surface area contributed by atoms with Gasteiger partial charge in [0.2, 0.25) is 0 Å². The van der Waals surface area contributed by atoms with Gasteiger partial charge in [0.25, 0.3) is 11.8 Å². The molecule has 23 heavy (non-hydrogen) atoms. The van der Waals surface area contributed by atoms with E-state index >= 15 is 0 Å². The number of nitrogens with one attached hydrogen (secondary N) is 3. The standard InChI is InChI=1S/C15H16BrN3O4/c1-3-23-12-5-4-9(6-13(12)22-2)14(20)18-19-15(21)11-7-10(16)8-17-11/h4-8,17H,3H2,1-2H3,(H,18,20)(H,19,21). The number of carbonyl (C=O) groups is 2. The van der Waals surface area contributed by atoms with Gasteiger partial charge in [0.1, 0.15) is 5.69 Å². The summed E-state index contributed by atoms with van der Waals surface area (Å²) >= 11 is 3.23. The maximum Gasteiger partial charge on any atom is 0.286 e. The van der Waals surface area contributed by atoms with Crippen molar-refractivity contribution in [3.63, 3.8) is 0 Å². The number of benzene rings is 1. The van der Waals surface area contributed by atoms with Crippen molar-refractivity contribution in [1.29, 1.82) is 0 Å². The number of methoxy groups -OCH3 is 1. The molecule has 7 nitrogen and oxygen atoms in total. The molecule has 1 heterocycles. The van der Waals surface area contributed by atoms with Crippen molar-refractivity contribution >= 4 is 27.7 Å². The smallest absolute Gasteiger partial charge is 0.286 e. The molecule has 0 aliphatic heterocycles. The van der Waals surface area contributed by atoms with Crippen LogP contribution in [-0.4, -0.2) is 30.5 Å². The predicted octanol–water partition coefficient (Wildman–Crippen LogP) is 2.26. The number of H-pyrrole nitrogens is 1. The number of amides is 2. The summed E-state index contributed by atoms with van der Waals surface area (Å²) in [6.07, 6.45) is 1.62. The molecule has 0 spiro atoms. The van der Waals surface area contributed by atoms with Crippen molar-refractivity contribution in [1.82, 2.24) is 15.8 Å². The van der Waals surface area contributed by atoms with E-state index in [1.165, 1.54) is 13.2 Å². The summed E-state index contributed by atoms with van der Waals surface area (Å²) in [7, 11) is 1.49. The minimum Gasteiger partial charge on any atom is -0.493 e. The van der Waals surface area contributed by atoms with E-state index in [9.17, 15) is 9.59 Å². The van der Waals surface area contributed by atoms with Gasteiger partial charge in [0.15, 0.2) is 11.5 Å². The van der Waals surface area contributed by atoms with Gasteiger partial charge < -0.3 is 14.5 Å². The summed E-state index contributed by atoms with van der Waals surface area (Å²) < 4.78 is 11.3. The lowest BCUT2D eigenvalue weighted by Gasteiger charge is -2.11. The fourth-order valence-corrected chi connectivity index (χ4v) is 2.18. The molecule has 3 N–H and O–H groups in total. The molecule has 1 aromatic heterocycles. The van der Waals surface area contributed by atoms with Gasteiger partial charge in [0.05, 0.1) is 13.7 Å². The number of hydrogen-bond acceptors (Lipinski definition) is 4. The first kappa shape index (κ1) is 16.9. The molecule has 0 bridgehead atoms. The van der Waals surface area contributed by atoms with Crippen LogP contribution < -0.4 is 20.3 Å². The summed E-state index contributed by atoms with van der Waals surface area (Å²) in [6.45, 7) is 2.35. The van der Waals surface area contributed by atoms with Gasteiger partial charge in [-0.25, -0.2) is 0 Å². The molecule has 0 radical (unpaired) electrons. The van der Waals surface area contributed by atoms with E-state index in [1.807, 2.05) is 6.92 Å². The van der Waals surface area contributed by atoms with Crippen LogP contribution in [-0.2, 0) is 0 Å². The normalized spacial score (nSPS) is 10.0. The van der Waals surface area contributed by atoms with E-state index in [4.69, 9.17) is 9.47 Å². The number of carbonyl (C=O) groups excluding carboxylic acids is 2. The maximum absolute atomic E-state index is 12.1. The zero-order valence-corrected chi connectivity index (χ0v) is 14.2. The number of hydrogen-bond donors (Lipinski definition) is 3. The number of halogens is 1. The lowest BCUT2D eigenvalue weighted by molar-refractivity contribution is 0.0844. The van der Waals surface area contributed by atoms with E-state index in [0.29, 0.717) is 29.4 Å². The van der Waals surface area contributed by atoms with E-state index < -0.39 is 11.8 Å². The van der Waals surface area contributed by atoms with Crippen LogP contribution in [0.25, 0.3) is 0 Å². The largest absolute Gasteiger partial charge is 0.493 e. The molecule has 2 aromatic rings. The second-order valence-corrected chi connectivity index (χ2v) is 5.35. The summed E-state index contributed by atoms with van der Waals surface area (Å²) in [5.74, 6) is 0.0678. The predicted molar refractivity (Wildman–Crippen MR) is 87.6 cm³/mol. The second-order valence-electron chi connectivity index (χ2n) is 4.44. The van der Waals surface area contributed by atoms with Gasteiger partial charge >= 0.3 is 0 Å². The van der Waals surface area contributed by atoms with E-state index in [-0.39, 0.29) is 0 Å². The molecule has 2 amide bonds. The first-order chi connectivity index (χ1) is 11.0. The van der Waals surface area contributed by atoms with Crippen molar-refractivity contribution in [2.75, 3.05) is 13.7 Å². The first-order valence-corrected chi connectivity index (χ1v) is 7.60. The lowest BCUT2D eigenvalue weighted by Crippen LogP contribution is -2.41. The minimum atomic E-state index is -0.467. The Kier molecular flexibility index (Phi) is 5.64. The molecule has 0 aliphatic carbocycles. The first-order valence-electron chi connectivity index (χ1n) is 6.80. The summed E-state index contributed by atoms with van der Waals surface area (Å²) in [6, 6.07) is 6.36. The number of aromatic nitrogens is 1. The van der Waals surface area contributed by atoms with E-state index in [1.54, 1.807) is 24.4 Å². The van der Waals surface area contributed by atoms with Crippen molar-refractivity contribution in [2.24, 2.45) is 0 Å². The molecule has 122 valence electrons. The molecule has 8 heteroatoms. The Hall–Kier alpha value is -2.48. The molecule has 0 saturated carbocycles. The summed E-state index contributed by atoms with van der Waals surface area (Å²) in [4.78, 5) is 26.7. The van der Waals surface area contributed by atoms with Crippen LogP contribution in [0, 0.1) is 0 Å². The average molecular weight is 382 g/mol. The van der Waals surface area contributed by atoms with Crippen LogP contribution in [0.2, 0.25) is 0 Å². The van der Waals surface area contributed by atoms with Gasteiger partial charge in [-0.1, -0.05) is 0 Å². The highest BCUT2D eigenvalue weighted by Gasteiger charge is 2.13. The van der Waals surface area contributed by atoms with Crippen molar-refractivity contribution in [3.8, 4) is 11.5 Å². The molecule has 2 rings (SSSR count). The second kappa shape index (κ2) is 7.68. The highest BCUT2D eigenvalue weighted by Crippen LogP contribution is 2.27. The maximum atomic E-state index is 12.1. The molecule has 0 atom stereocenters. The van der Waals surface area contributed by atoms with Gasteiger partial charge in [-0.3, -0.25) is 20.4 Å². The average Bonchev–Trinajstić information content (AvgIpc) is 2.99. The van der Waals surface area contributed by atoms with Gasteiger partial charge in [-0.05, 0) is 47.1 Å². The van der Waals surface area contributed by atoms with E-state index in [0.717, 1.165) is 4.47 Å². The fraction of sp³-hybridized carbons (Fsp3) is 0.200. The minimum absolute atomic E-state index is 0.321. The van der Waals surface area contributed by atoms with Crippen LogP contribution >= 0.6 is 15.9 Å². The zero-order valence-electron chi connectivity index (χ0n) is 12.6. The van der Waals surface area contributed by atoms with Crippen molar-refractivity contribution < 1.29 is 19.1 Å². The Bertz CT molecular complexity index is 714. The van der Waals surface area contributed by atoms with Crippen molar-refractivity contribution in [3.05, 3.63) is 46.2 Å². The summed E-state index contributed by atoms with van der Waals surface area (Å²) in [5, 5.41) is 0. The SMILES string of the molecule is CCOc1ccc(C(=O)NNC(=O)c2cc(Br)c[nH]2)cc1OC. The number of ether oxygens (including phenoxy) is 2. The Morgan fingerprint density at radius 2 is 1.91 bits per heavy atom. The lowest BCUT2D eigenvalue weighted by atomic mass is 10.2. The van der Waals surface area contributed by atoms with Crippen LogP contribution in [0.5, 0.6) is 11.5 Å². The van der Waals surface area contributed by atoms with Gasteiger partial charge in [-0.15, -0.1) is 0 Å². The molecular formula is C15H16BrN3O4. The van der Waals surface area contributed by atoms with Gasteiger partial charge in [0, 0.05) is 16.2 Å². The highest BCUT2D eigenvalue weighted by molar-refractivity contribution is 9.10. The Morgan fingerprint density at radius 1 is 1.17 bits per heavy atom. The molecular weight excluding hydrogens is 366 g/mol. The monoisotopic (exact) mass is 381 g/mol.